The third kappa shape index (κ3) is 3.48. The fourth-order valence-electron chi connectivity index (χ4n) is 3.20. The van der Waals surface area contributed by atoms with Crippen LogP contribution >= 0.6 is 0 Å². The SMILES string of the molecule is CCN1C(=O)CCc2cc(NC(=O)Cc3cccc(C)c3)ccc21. The lowest BCUT2D eigenvalue weighted by atomic mass is 10.0. The van der Waals surface area contributed by atoms with Crippen LogP contribution in [0.25, 0.3) is 0 Å². The number of nitrogens with one attached hydrogen (secondary N) is 1. The number of nitrogens with zero attached hydrogens (tertiary/aromatic N) is 1. The molecule has 0 bridgehead atoms. The highest BCUT2D eigenvalue weighted by Gasteiger charge is 2.22. The molecular formula is C20H22N2O2. The predicted molar refractivity (Wildman–Crippen MR) is 96.3 cm³/mol. The lowest BCUT2D eigenvalue weighted by molar-refractivity contribution is -0.119. The molecule has 2 aromatic carbocycles. The standard InChI is InChI=1S/C20H22N2O2/c1-3-22-18-9-8-17(13-16(18)7-10-20(22)24)21-19(23)12-15-6-4-5-14(2)11-15/h4-6,8-9,11,13H,3,7,10,12H2,1-2H3,(H,21,23). The van der Waals surface area contributed by atoms with Crippen LogP contribution in [0, 0.1) is 6.92 Å². The highest BCUT2D eigenvalue weighted by molar-refractivity contribution is 5.97. The number of rotatable bonds is 4. The van der Waals surface area contributed by atoms with E-state index in [-0.39, 0.29) is 11.8 Å². The van der Waals surface area contributed by atoms with Crippen LogP contribution in [0.15, 0.2) is 42.5 Å². The van der Waals surface area contributed by atoms with E-state index in [0.29, 0.717) is 19.4 Å². The summed E-state index contributed by atoms with van der Waals surface area (Å²) in [6.45, 7) is 4.67. The second-order valence-electron chi connectivity index (χ2n) is 6.20. The van der Waals surface area contributed by atoms with Gasteiger partial charge in [0, 0.05) is 24.3 Å². The minimum absolute atomic E-state index is 0.0280. The van der Waals surface area contributed by atoms with Gasteiger partial charge in [-0.05, 0) is 49.6 Å². The molecule has 1 aliphatic rings. The summed E-state index contributed by atoms with van der Waals surface area (Å²) in [6.07, 6.45) is 1.62. The largest absolute Gasteiger partial charge is 0.326 e. The average Bonchev–Trinajstić information content (AvgIpc) is 2.55. The smallest absolute Gasteiger partial charge is 0.228 e. The minimum Gasteiger partial charge on any atom is -0.326 e. The van der Waals surface area contributed by atoms with Crippen molar-refractivity contribution in [3.05, 3.63) is 59.2 Å². The maximum atomic E-state index is 12.3. The topological polar surface area (TPSA) is 49.4 Å². The molecule has 24 heavy (non-hydrogen) atoms. The van der Waals surface area contributed by atoms with Gasteiger partial charge in [0.25, 0.3) is 0 Å². The van der Waals surface area contributed by atoms with E-state index in [0.717, 1.165) is 34.5 Å². The molecule has 1 aliphatic heterocycles. The number of carbonyl (C=O) groups excluding carboxylic acids is 2. The van der Waals surface area contributed by atoms with Gasteiger partial charge < -0.3 is 10.2 Å². The molecule has 0 unspecified atom stereocenters. The molecule has 0 saturated carbocycles. The number of anilines is 2. The van der Waals surface area contributed by atoms with Crippen molar-refractivity contribution in [3.8, 4) is 0 Å². The van der Waals surface area contributed by atoms with Crippen LogP contribution in [0.3, 0.4) is 0 Å². The average molecular weight is 322 g/mol. The first kappa shape index (κ1) is 16.2. The van der Waals surface area contributed by atoms with E-state index in [2.05, 4.69) is 5.32 Å². The Kier molecular flexibility index (Phi) is 4.65. The Morgan fingerprint density at radius 1 is 1.17 bits per heavy atom. The number of hydrogen-bond acceptors (Lipinski definition) is 2. The Labute approximate surface area is 142 Å². The molecule has 4 heteroatoms. The molecule has 1 heterocycles. The van der Waals surface area contributed by atoms with Crippen molar-refractivity contribution in [1.29, 1.82) is 0 Å². The van der Waals surface area contributed by atoms with Gasteiger partial charge in [0.05, 0.1) is 6.42 Å². The van der Waals surface area contributed by atoms with Crippen LogP contribution in [-0.2, 0) is 22.4 Å². The molecule has 124 valence electrons. The highest BCUT2D eigenvalue weighted by atomic mass is 16.2. The molecule has 0 aromatic heterocycles. The van der Waals surface area contributed by atoms with Gasteiger partial charge in [-0.15, -0.1) is 0 Å². The van der Waals surface area contributed by atoms with E-state index in [1.54, 1.807) is 4.90 Å². The van der Waals surface area contributed by atoms with Crippen LogP contribution in [0.4, 0.5) is 11.4 Å². The normalized spacial score (nSPS) is 13.6. The molecule has 2 amide bonds. The summed E-state index contributed by atoms with van der Waals surface area (Å²) in [5.74, 6) is 0.140. The summed E-state index contributed by atoms with van der Waals surface area (Å²) in [7, 11) is 0. The fourth-order valence-corrected chi connectivity index (χ4v) is 3.20. The molecule has 2 aromatic rings. The molecule has 0 radical (unpaired) electrons. The minimum atomic E-state index is -0.0280. The monoisotopic (exact) mass is 322 g/mol. The summed E-state index contributed by atoms with van der Waals surface area (Å²) in [5.41, 5.74) is 5.03. The van der Waals surface area contributed by atoms with Crippen molar-refractivity contribution in [2.45, 2.75) is 33.1 Å². The zero-order valence-electron chi connectivity index (χ0n) is 14.1. The number of hydrogen-bond donors (Lipinski definition) is 1. The summed E-state index contributed by atoms with van der Waals surface area (Å²) in [6, 6.07) is 13.8. The summed E-state index contributed by atoms with van der Waals surface area (Å²) < 4.78 is 0. The molecule has 1 N–H and O–H groups in total. The number of amides is 2. The number of aryl methyl sites for hydroxylation is 2. The Morgan fingerprint density at radius 2 is 2.00 bits per heavy atom. The van der Waals surface area contributed by atoms with Crippen molar-refractivity contribution in [3.63, 3.8) is 0 Å². The first-order valence-corrected chi connectivity index (χ1v) is 8.35. The van der Waals surface area contributed by atoms with Crippen molar-refractivity contribution in [1.82, 2.24) is 0 Å². The van der Waals surface area contributed by atoms with Gasteiger partial charge in [-0.25, -0.2) is 0 Å². The van der Waals surface area contributed by atoms with E-state index >= 15 is 0 Å². The molecule has 0 saturated heterocycles. The Balaban J connectivity index is 1.72. The number of carbonyl (C=O) groups is 2. The van der Waals surface area contributed by atoms with Crippen molar-refractivity contribution in [2.24, 2.45) is 0 Å². The van der Waals surface area contributed by atoms with Gasteiger partial charge in [-0.3, -0.25) is 9.59 Å². The molecule has 0 atom stereocenters. The van der Waals surface area contributed by atoms with E-state index in [1.807, 2.05) is 56.3 Å². The second kappa shape index (κ2) is 6.87. The third-order valence-corrected chi connectivity index (χ3v) is 4.33. The Hall–Kier alpha value is -2.62. The van der Waals surface area contributed by atoms with Crippen LogP contribution in [0.2, 0.25) is 0 Å². The van der Waals surface area contributed by atoms with Gasteiger partial charge in [0.15, 0.2) is 0 Å². The molecule has 0 aliphatic carbocycles. The van der Waals surface area contributed by atoms with Crippen molar-refractivity contribution in [2.75, 3.05) is 16.8 Å². The fraction of sp³-hybridized carbons (Fsp3) is 0.300. The zero-order chi connectivity index (χ0) is 17.1. The van der Waals surface area contributed by atoms with Gasteiger partial charge in [-0.2, -0.15) is 0 Å². The lowest BCUT2D eigenvalue weighted by Crippen LogP contribution is -2.34. The molecule has 4 nitrogen and oxygen atoms in total. The second-order valence-corrected chi connectivity index (χ2v) is 6.20. The number of fused-ring (bicyclic) bond motifs is 1. The number of benzene rings is 2. The van der Waals surface area contributed by atoms with E-state index in [4.69, 9.17) is 0 Å². The summed E-state index contributed by atoms with van der Waals surface area (Å²) >= 11 is 0. The van der Waals surface area contributed by atoms with E-state index in [1.165, 1.54) is 0 Å². The molecule has 0 spiro atoms. The van der Waals surface area contributed by atoms with Gasteiger partial charge in [0.2, 0.25) is 11.8 Å². The molecule has 0 fully saturated rings. The van der Waals surface area contributed by atoms with Gasteiger partial charge >= 0.3 is 0 Å². The van der Waals surface area contributed by atoms with Gasteiger partial charge in [-0.1, -0.05) is 29.8 Å². The Bertz CT molecular complexity index is 783. The predicted octanol–water partition coefficient (Wildman–Crippen LogP) is 3.48. The summed E-state index contributed by atoms with van der Waals surface area (Å²) in [5, 5.41) is 2.96. The maximum absolute atomic E-state index is 12.3. The first-order valence-electron chi connectivity index (χ1n) is 8.35. The van der Waals surface area contributed by atoms with Crippen molar-refractivity contribution < 1.29 is 9.59 Å². The van der Waals surface area contributed by atoms with Crippen LogP contribution in [-0.4, -0.2) is 18.4 Å². The van der Waals surface area contributed by atoms with Crippen LogP contribution in [0.1, 0.15) is 30.0 Å². The molecule has 3 rings (SSSR count). The maximum Gasteiger partial charge on any atom is 0.228 e. The van der Waals surface area contributed by atoms with Crippen LogP contribution < -0.4 is 10.2 Å². The van der Waals surface area contributed by atoms with E-state index < -0.39 is 0 Å². The zero-order valence-corrected chi connectivity index (χ0v) is 14.1. The summed E-state index contributed by atoms with van der Waals surface area (Å²) in [4.78, 5) is 26.0. The van der Waals surface area contributed by atoms with Crippen LogP contribution in [0.5, 0.6) is 0 Å². The lowest BCUT2D eigenvalue weighted by Gasteiger charge is -2.28. The highest BCUT2D eigenvalue weighted by Crippen LogP contribution is 2.30. The quantitative estimate of drug-likeness (QED) is 0.937. The van der Waals surface area contributed by atoms with Gasteiger partial charge in [0.1, 0.15) is 0 Å². The Morgan fingerprint density at radius 3 is 2.75 bits per heavy atom. The van der Waals surface area contributed by atoms with E-state index in [9.17, 15) is 9.59 Å². The molecular weight excluding hydrogens is 300 g/mol. The van der Waals surface area contributed by atoms with Crippen molar-refractivity contribution >= 4 is 23.2 Å². The first-order chi connectivity index (χ1) is 11.6. The third-order valence-electron chi connectivity index (χ3n) is 4.33.